The van der Waals surface area contributed by atoms with Crippen LogP contribution in [0, 0.1) is 13.8 Å². The van der Waals surface area contributed by atoms with Crippen LogP contribution < -0.4 is 5.32 Å². The monoisotopic (exact) mass is 452 g/mol. The van der Waals surface area contributed by atoms with E-state index in [0.29, 0.717) is 30.5 Å². The number of aromatic amines is 1. The molecule has 7 heteroatoms. The molecule has 1 aromatic carbocycles. The lowest BCUT2D eigenvalue weighted by Crippen LogP contribution is -2.37. The lowest BCUT2D eigenvalue weighted by Gasteiger charge is -2.32. The molecule has 0 saturated carbocycles. The standard InChI is InChI=1S/C27H28N6O/c1-16-11-31-26-22(16)10-20(12-32-26)19-8-18-5-7-33(27(34)21-13-29-17(2)30-14-21)15-24(18)23(9-19)25-4-3-6-28-25/h8-14,25,28H,3-7,15H2,1-2H3,(H,31,32). The van der Waals surface area contributed by atoms with E-state index in [9.17, 15) is 4.79 Å². The first-order valence-corrected chi connectivity index (χ1v) is 12.0. The molecule has 6 rings (SSSR count). The molecule has 3 aromatic heterocycles. The Hall–Kier alpha value is -3.58. The highest BCUT2D eigenvalue weighted by atomic mass is 16.2. The smallest absolute Gasteiger partial charge is 0.257 e. The first-order chi connectivity index (χ1) is 16.6. The van der Waals surface area contributed by atoms with Crippen LogP contribution in [0.25, 0.3) is 22.2 Å². The fourth-order valence-electron chi connectivity index (χ4n) is 5.28. The van der Waals surface area contributed by atoms with Crippen molar-refractivity contribution in [2.24, 2.45) is 0 Å². The minimum absolute atomic E-state index is 0.00218. The molecule has 34 heavy (non-hydrogen) atoms. The van der Waals surface area contributed by atoms with Gasteiger partial charge < -0.3 is 15.2 Å². The molecule has 0 bridgehead atoms. The fourth-order valence-corrected chi connectivity index (χ4v) is 5.28. The minimum Gasteiger partial charge on any atom is -0.346 e. The van der Waals surface area contributed by atoms with E-state index in [1.54, 1.807) is 12.4 Å². The zero-order valence-corrected chi connectivity index (χ0v) is 19.6. The van der Waals surface area contributed by atoms with Crippen molar-refractivity contribution in [1.82, 2.24) is 30.2 Å². The molecule has 172 valence electrons. The van der Waals surface area contributed by atoms with Gasteiger partial charge in [-0.25, -0.2) is 15.0 Å². The molecule has 1 amide bonds. The van der Waals surface area contributed by atoms with Gasteiger partial charge in [-0.1, -0.05) is 6.07 Å². The first-order valence-electron chi connectivity index (χ1n) is 12.0. The van der Waals surface area contributed by atoms with Gasteiger partial charge in [-0.2, -0.15) is 0 Å². The number of benzene rings is 1. The van der Waals surface area contributed by atoms with Crippen molar-refractivity contribution in [3.8, 4) is 11.1 Å². The predicted octanol–water partition coefficient (Wildman–Crippen LogP) is 4.26. The highest BCUT2D eigenvalue weighted by Crippen LogP contribution is 2.36. The van der Waals surface area contributed by atoms with Gasteiger partial charge >= 0.3 is 0 Å². The van der Waals surface area contributed by atoms with Crippen LogP contribution in [0.3, 0.4) is 0 Å². The number of nitrogens with one attached hydrogen (secondary N) is 2. The third kappa shape index (κ3) is 3.66. The van der Waals surface area contributed by atoms with Crippen LogP contribution in [0.15, 0.2) is 43.0 Å². The van der Waals surface area contributed by atoms with Crippen LogP contribution in [-0.4, -0.2) is 43.8 Å². The summed E-state index contributed by atoms with van der Waals surface area (Å²) in [6.07, 6.45) is 10.4. The highest BCUT2D eigenvalue weighted by Gasteiger charge is 2.28. The molecule has 1 atom stereocenters. The molecular weight excluding hydrogens is 424 g/mol. The fraction of sp³-hybridized carbons (Fsp3) is 0.333. The Balaban J connectivity index is 1.39. The second kappa shape index (κ2) is 8.33. The van der Waals surface area contributed by atoms with Crippen LogP contribution in [0.5, 0.6) is 0 Å². The summed E-state index contributed by atoms with van der Waals surface area (Å²) in [5, 5.41) is 4.83. The number of aromatic nitrogens is 4. The Labute approximate surface area is 198 Å². The van der Waals surface area contributed by atoms with E-state index in [0.717, 1.165) is 36.0 Å². The van der Waals surface area contributed by atoms with Crippen LogP contribution in [0.2, 0.25) is 0 Å². The normalized spacial score (nSPS) is 17.8. The van der Waals surface area contributed by atoms with Gasteiger partial charge in [0, 0.05) is 54.9 Å². The topological polar surface area (TPSA) is 86.8 Å². The van der Waals surface area contributed by atoms with Crippen molar-refractivity contribution in [1.29, 1.82) is 0 Å². The number of rotatable bonds is 3. The van der Waals surface area contributed by atoms with Crippen molar-refractivity contribution in [3.63, 3.8) is 0 Å². The number of carbonyl (C=O) groups is 1. The maximum Gasteiger partial charge on any atom is 0.257 e. The highest BCUT2D eigenvalue weighted by molar-refractivity contribution is 5.94. The average Bonchev–Trinajstić information content (AvgIpc) is 3.53. The number of nitrogens with zero attached hydrogens (tertiary/aromatic N) is 4. The Kier molecular flexibility index (Phi) is 5.14. The largest absolute Gasteiger partial charge is 0.346 e. The molecule has 2 N–H and O–H groups in total. The Bertz CT molecular complexity index is 1380. The van der Waals surface area contributed by atoms with Crippen molar-refractivity contribution >= 4 is 16.9 Å². The van der Waals surface area contributed by atoms with Gasteiger partial charge in [-0.3, -0.25) is 4.79 Å². The number of pyridine rings is 1. The first kappa shape index (κ1) is 21.0. The lowest BCUT2D eigenvalue weighted by molar-refractivity contribution is 0.0733. The van der Waals surface area contributed by atoms with E-state index in [2.05, 4.69) is 50.4 Å². The van der Waals surface area contributed by atoms with Crippen molar-refractivity contribution < 1.29 is 4.79 Å². The van der Waals surface area contributed by atoms with Crippen LogP contribution in [-0.2, 0) is 13.0 Å². The summed E-state index contributed by atoms with van der Waals surface area (Å²) in [5.74, 6) is 0.669. The number of aryl methyl sites for hydroxylation is 2. The molecule has 1 saturated heterocycles. The van der Waals surface area contributed by atoms with Crippen molar-refractivity contribution in [3.05, 3.63) is 76.6 Å². The predicted molar refractivity (Wildman–Crippen MR) is 131 cm³/mol. The molecule has 7 nitrogen and oxygen atoms in total. The summed E-state index contributed by atoms with van der Waals surface area (Å²) in [5.41, 5.74) is 8.93. The van der Waals surface area contributed by atoms with Gasteiger partial charge in [-0.15, -0.1) is 0 Å². The number of hydrogen-bond donors (Lipinski definition) is 2. The summed E-state index contributed by atoms with van der Waals surface area (Å²) in [7, 11) is 0. The van der Waals surface area contributed by atoms with Gasteiger partial charge in [0.2, 0.25) is 0 Å². The Morgan fingerprint density at radius 3 is 2.71 bits per heavy atom. The summed E-state index contributed by atoms with van der Waals surface area (Å²) in [6, 6.07) is 7.17. The number of amides is 1. The zero-order valence-electron chi connectivity index (χ0n) is 19.6. The van der Waals surface area contributed by atoms with Gasteiger partial charge in [0.25, 0.3) is 5.91 Å². The molecule has 0 aliphatic carbocycles. The molecule has 4 aromatic rings. The average molecular weight is 453 g/mol. The quantitative estimate of drug-likeness (QED) is 0.485. The number of fused-ring (bicyclic) bond motifs is 2. The maximum absolute atomic E-state index is 13.2. The number of H-pyrrole nitrogens is 1. The molecule has 1 unspecified atom stereocenters. The molecule has 1 fully saturated rings. The van der Waals surface area contributed by atoms with E-state index in [1.165, 1.54) is 34.2 Å². The van der Waals surface area contributed by atoms with Gasteiger partial charge in [-0.05, 0) is 79.6 Å². The summed E-state index contributed by atoms with van der Waals surface area (Å²) >= 11 is 0. The van der Waals surface area contributed by atoms with Gasteiger partial charge in [0.15, 0.2) is 0 Å². The Morgan fingerprint density at radius 2 is 1.91 bits per heavy atom. The molecule has 0 radical (unpaired) electrons. The molecule has 5 heterocycles. The molecule has 2 aliphatic rings. The molecule has 0 spiro atoms. The van der Waals surface area contributed by atoms with E-state index < -0.39 is 0 Å². The third-order valence-corrected chi connectivity index (χ3v) is 7.20. The summed E-state index contributed by atoms with van der Waals surface area (Å²) in [6.45, 7) is 6.27. The second-order valence-electron chi connectivity index (χ2n) is 9.44. The van der Waals surface area contributed by atoms with Crippen LogP contribution in [0.1, 0.15) is 57.3 Å². The van der Waals surface area contributed by atoms with Crippen LogP contribution in [0.4, 0.5) is 0 Å². The zero-order chi connectivity index (χ0) is 23.2. The SMILES string of the molecule is Cc1ncc(C(=O)N2CCc3cc(-c4cnc5[nH]cc(C)c5c4)cc(C4CCCN4)c3C2)cn1. The third-order valence-electron chi connectivity index (χ3n) is 7.20. The van der Waals surface area contributed by atoms with Gasteiger partial charge in [0.1, 0.15) is 11.5 Å². The maximum atomic E-state index is 13.2. The lowest BCUT2D eigenvalue weighted by atomic mass is 9.87. The summed E-state index contributed by atoms with van der Waals surface area (Å²) < 4.78 is 0. The Morgan fingerprint density at radius 1 is 1.06 bits per heavy atom. The van der Waals surface area contributed by atoms with E-state index >= 15 is 0 Å². The second-order valence-corrected chi connectivity index (χ2v) is 9.44. The van der Waals surface area contributed by atoms with E-state index in [4.69, 9.17) is 0 Å². The van der Waals surface area contributed by atoms with E-state index in [-0.39, 0.29) is 5.91 Å². The van der Waals surface area contributed by atoms with Crippen molar-refractivity contribution in [2.45, 2.75) is 45.7 Å². The summed E-state index contributed by atoms with van der Waals surface area (Å²) in [4.78, 5) is 31.4. The molecular formula is C27H28N6O. The van der Waals surface area contributed by atoms with Crippen molar-refractivity contribution in [2.75, 3.05) is 13.1 Å². The molecule has 2 aliphatic heterocycles. The van der Waals surface area contributed by atoms with Crippen LogP contribution >= 0.6 is 0 Å². The number of carbonyl (C=O) groups excluding carboxylic acids is 1. The van der Waals surface area contributed by atoms with Gasteiger partial charge in [0.05, 0.1) is 5.56 Å². The minimum atomic E-state index is -0.00218. The van der Waals surface area contributed by atoms with E-state index in [1.807, 2.05) is 24.2 Å². The number of hydrogen-bond acceptors (Lipinski definition) is 5.